The van der Waals surface area contributed by atoms with E-state index < -0.39 is 4.92 Å². The lowest BCUT2D eigenvalue weighted by Crippen LogP contribution is -1.94. The largest absolute Gasteiger partial charge is 0.490 e. The number of nitrogens with zero attached hydrogens (tertiary/aromatic N) is 1. The molecule has 2 rings (SSSR count). The summed E-state index contributed by atoms with van der Waals surface area (Å²) in [7, 11) is 1.41. The summed E-state index contributed by atoms with van der Waals surface area (Å²) in [5.74, 6) is 0.245. The van der Waals surface area contributed by atoms with E-state index in [0.29, 0.717) is 5.00 Å². The molecule has 0 atom stereocenters. The lowest BCUT2D eigenvalue weighted by Gasteiger charge is -2.04. The van der Waals surface area contributed by atoms with Gasteiger partial charge in [-0.1, -0.05) is 6.07 Å². The van der Waals surface area contributed by atoms with Crippen molar-refractivity contribution in [3.8, 4) is 16.9 Å². The standard InChI is InChI=1S/C12H12N2O3S/c1-7-5-9(12(13)18-7)8-3-4-11(17-2)10(6-8)14(15)16/h3-6H,13H2,1-2H3. The van der Waals surface area contributed by atoms with Crippen molar-refractivity contribution in [2.75, 3.05) is 12.8 Å². The average Bonchev–Trinajstić information content (AvgIpc) is 2.67. The minimum absolute atomic E-state index is 0.0572. The number of hydrogen-bond acceptors (Lipinski definition) is 5. The van der Waals surface area contributed by atoms with Crippen LogP contribution in [-0.4, -0.2) is 12.0 Å². The van der Waals surface area contributed by atoms with Gasteiger partial charge in [0.15, 0.2) is 5.75 Å². The van der Waals surface area contributed by atoms with Crippen LogP contribution in [0.25, 0.3) is 11.1 Å². The number of nitrogen functional groups attached to an aromatic ring is 1. The zero-order valence-electron chi connectivity index (χ0n) is 9.97. The van der Waals surface area contributed by atoms with E-state index in [0.717, 1.165) is 16.0 Å². The Morgan fingerprint density at radius 1 is 1.39 bits per heavy atom. The highest BCUT2D eigenvalue weighted by molar-refractivity contribution is 7.16. The van der Waals surface area contributed by atoms with Crippen molar-refractivity contribution in [3.63, 3.8) is 0 Å². The summed E-state index contributed by atoms with van der Waals surface area (Å²) >= 11 is 1.46. The van der Waals surface area contributed by atoms with Crippen molar-refractivity contribution in [2.45, 2.75) is 6.92 Å². The molecule has 0 bridgehead atoms. The van der Waals surface area contributed by atoms with Crippen molar-refractivity contribution in [1.82, 2.24) is 0 Å². The Balaban J connectivity index is 2.56. The van der Waals surface area contributed by atoms with Crippen LogP contribution in [0.1, 0.15) is 4.88 Å². The predicted octanol–water partition coefficient (Wildman–Crippen LogP) is 3.22. The molecule has 1 aromatic heterocycles. The fourth-order valence-corrected chi connectivity index (χ4v) is 2.57. The molecule has 0 saturated heterocycles. The maximum absolute atomic E-state index is 11.0. The molecule has 0 aliphatic heterocycles. The van der Waals surface area contributed by atoms with Crippen molar-refractivity contribution in [3.05, 3.63) is 39.3 Å². The first-order valence-electron chi connectivity index (χ1n) is 5.21. The lowest BCUT2D eigenvalue weighted by atomic mass is 10.1. The van der Waals surface area contributed by atoms with Gasteiger partial charge in [0.2, 0.25) is 0 Å². The molecule has 1 aromatic carbocycles. The van der Waals surface area contributed by atoms with Crippen LogP contribution in [0.3, 0.4) is 0 Å². The van der Waals surface area contributed by atoms with Crippen LogP contribution >= 0.6 is 11.3 Å². The summed E-state index contributed by atoms with van der Waals surface area (Å²) in [5.41, 5.74) is 7.38. The second-order valence-electron chi connectivity index (χ2n) is 3.78. The van der Waals surface area contributed by atoms with Crippen LogP contribution < -0.4 is 10.5 Å². The molecule has 0 radical (unpaired) electrons. The number of hydrogen-bond donors (Lipinski definition) is 1. The minimum atomic E-state index is -0.461. The van der Waals surface area contributed by atoms with E-state index in [-0.39, 0.29) is 11.4 Å². The number of ether oxygens (including phenoxy) is 1. The topological polar surface area (TPSA) is 78.4 Å². The number of rotatable bonds is 3. The molecule has 2 N–H and O–H groups in total. The third-order valence-corrected chi connectivity index (χ3v) is 3.45. The first-order valence-corrected chi connectivity index (χ1v) is 6.03. The van der Waals surface area contributed by atoms with Crippen LogP contribution in [0.4, 0.5) is 10.7 Å². The monoisotopic (exact) mass is 264 g/mol. The zero-order valence-corrected chi connectivity index (χ0v) is 10.8. The van der Waals surface area contributed by atoms with Crippen LogP contribution in [0.5, 0.6) is 5.75 Å². The van der Waals surface area contributed by atoms with Crippen LogP contribution in [0, 0.1) is 17.0 Å². The van der Waals surface area contributed by atoms with Crippen LogP contribution in [0.15, 0.2) is 24.3 Å². The molecule has 0 saturated carbocycles. The molecule has 1 heterocycles. The number of nitro groups is 1. The highest BCUT2D eigenvalue weighted by Gasteiger charge is 2.17. The van der Waals surface area contributed by atoms with E-state index >= 15 is 0 Å². The molecule has 6 heteroatoms. The first-order chi connectivity index (χ1) is 8.52. The van der Waals surface area contributed by atoms with Crippen molar-refractivity contribution in [1.29, 1.82) is 0 Å². The van der Waals surface area contributed by atoms with Crippen molar-refractivity contribution >= 4 is 22.0 Å². The first kappa shape index (κ1) is 12.4. The summed E-state index contributed by atoms with van der Waals surface area (Å²) in [6.07, 6.45) is 0. The number of benzene rings is 1. The van der Waals surface area contributed by atoms with Gasteiger partial charge in [-0.25, -0.2) is 0 Å². The smallest absolute Gasteiger partial charge is 0.311 e. The number of nitro benzene ring substituents is 1. The Morgan fingerprint density at radius 3 is 2.61 bits per heavy atom. The van der Waals surface area contributed by atoms with Crippen LogP contribution in [0.2, 0.25) is 0 Å². The van der Waals surface area contributed by atoms with E-state index in [1.54, 1.807) is 12.1 Å². The fourth-order valence-electron chi connectivity index (χ4n) is 1.76. The minimum Gasteiger partial charge on any atom is -0.490 e. The SMILES string of the molecule is COc1ccc(-c2cc(C)sc2N)cc1[N+](=O)[O-]. The van der Waals surface area contributed by atoms with Gasteiger partial charge in [-0.05, 0) is 24.6 Å². The van der Waals surface area contributed by atoms with Gasteiger partial charge >= 0.3 is 5.69 Å². The number of anilines is 1. The Morgan fingerprint density at radius 2 is 2.11 bits per heavy atom. The highest BCUT2D eigenvalue weighted by atomic mass is 32.1. The van der Waals surface area contributed by atoms with E-state index in [2.05, 4.69) is 0 Å². The molecule has 94 valence electrons. The summed E-state index contributed by atoms with van der Waals surface area (Å²) in [4.78, 5) is 11.6. The van der Waals surface area contributed by atoms with Gasteiger partial charge < -0.3 is 10.5 Å². The van der Waals surface area contributed by atoms with Gasteiger partial charge in [-0.3, -0.25) is 10.1 Å². The third-order valence-electron chi connectivity index (χ3n) is 2.57. The molecule has 2 aromatic rings. The van der Waals surface area contributed by atoms with Crippen molar-refractivity contribution in [2.24, 2.45) is 0 Å². The molecule has 0 fully saturated rings. The van der Waals surface area contributed by atoms with E-state index in [1.807, 2.05) is 13.0 Å². The molecule has 0 amide bonds. The molecule has 0 aliphatic carbocycles. The summed E-state index contributed by atoms with van der Waals surface area (Å²) in [5, 5.41) is 11.6. The number of thiophene rings is 1. The maximum Gasteiger partial charge on any atom is 0.311 e. The number of nitrogens with two attached hydrogens (primary N) is 1. The molecule has 18 heavy (non-hydrogen) atoms. The Labute approximate surface area is 108 Å². The van der Waals surface area contributed by atoms with Crippen molar-refractivity contribution < 1.29 is 9.66 Å². The van der Waals surface area contributed by atoms with Gasteiger partial charge in [0.05, 0.1) is 17.0 Å². The quantitative estimate of drug-likeness (QED) is 0.682. The van der Waals surface area contributed by atoms with E-state index in [1.165, 1.54) is 24.5 Å². The van der Waals surface area contributed by atoms with Crippen LogP contribution in [-0.2, 0) is 0 Å². The number of aryl methyl sites for hydroxylation is 1. The maximum atomic E-state index is 11.0. The Hall–Kier alpha value is -2.08. The molecule has 0 spiro atoms. The van der Waals surface area contributed by atoms with Gasteiger partial charge in [0, 0.05) is 16.5 Å². The molecular formula is C12H12N2O3S. The zero-order chi connectivity index (χ0) is 13.3. The predicted molar refractivity (Wildman–Crippen MR) is 72.1 cm³/mol. The van der Waals surface area contributed by atoms with E-state index in [9.17, 15) is 10.1 Å². The molecule has 5 nitrogen and oxygen atoms in total. The second-order valence-corrected chi connectivity index (χ2v) is 5.07. The molecule has 0 unspecified atom stereocenters. The molecule has 0 aliphatic rings. The molecular weight excluding hydrogens is 252 g/mol. The van der Waals surface area contributed by atoms with Gasteiger partial charge in [-0.2, -0.15) is 0 Å². The number of methoxy groups -OCH3 is 1. The lowest BCUT2D eigenvalue weighted by molar-refractivity contribution is -0.385. The highest BCUT2D eigenvalue weighted by Crippen LogP contribution is 2.37. The average molecular weight is 264 g/mol. The van der Waals surface area contributed by atoms with E-state index in [4.69, 9.17) is 10.5 Å². The Bertz CT molecular complexity index is 607. The summed E-state index contributed by atoms with van der Waals surface area (Å²) < 4.78 is 4.96. The fraction of sp³-hybridized carbons (Fsp3) is 0.167. The van der Waals surface area contributed by atoms with Gasteiger partial charge in [0.25, 0.3) is 0 Å². The van der Waals surface area contributed by atoms with Gasteiger partial charge in [-0.15, -0.1) is 11.3 Å². The second kappa shape index (κ2) is 4.66. The normalized spacial score (nSPS) is 10.3. The third kappa shape index (κ3) is 2.14. The Kier molecular flexibility index (Phi) is 3.20. The summed E-state index contributed by atoms with van der Waals surface area (Å²) in [6, 6.07) is 6.76. The summed E-state index contributed by atoms with van der Waals surface area (Å²) in [6.45, 7) is 1.95. The van der Waals surface area contributed by atoms with Gasteiger partial charge in [0.1, 0.15) is 0 Å².